The third kappa shape index (κ3) is 3.05. The Bertz CT molecular complexity index is 1440. The Balaban J connectivity index is 1.58. The van der Waals surface area contributed by atoms with Gasteiger partial charge in [-0.25, -0.2) is 4.57 Å². The van der Waals surface area contributed by atoms with Gasteiger partial charge in [0.15, 0.2) is 6.20 Å². The Morgan fingerprint density at radius 2 is 1.65 bits per heavy atom. The topological polar surface area (TPSA) is 17.0 Å². The predicted octanol–water partition coefficient (Wildman–Crippen LogP) is 7.27. The van der Waals surface area contributed by atoms with Crippen molar-refractivity contribution in [2.45, 2.75) is 39.0 Å². The molecular formula is C29H28NO+. The molecule has 0 amide bonds. The molecule has 2 aromatic heterocycles. The van der Waals surface area contributed by atoms with Gasteiger partial charge in [0.2, 0.25) is 5.69 Å². The van der Waals surface area contributed by atoms with Crippen LogP contribution in [0.15, 0.2) is 71.3 Å². The minimum absolute atomic E-state index is 0.843. The van der Waals surface area contributed by atoms with Gasteiger partial charge in [0.25, 0.3) is 0 Å². The van der Waals surface area contributed by atoms with Crippen molar-refractivity contribution in [3.63, 3.8) is 0 Å². The summed E-state index contributed by atoms with van der Waals surface area (Å²) in [6.45, 7) is 2.20. The van der Waals surface area contributed by atoms with Crippen molar-refractivity contribution in [3.05, 3.63) is 78.0 Å². The number of nitrogens with zero attached hydrogens (tertiary/aromatic N) is 1. The minimum Gasteiger partial charge on any atom is -0.454 e. The normalized spacial score (nSPS) is 14.9. The summed E-state index contributed by atoms with van der Waals surface area (Å²) < 4.78 is 8.89. The van der Waals surface area contributed by atoms with E-state index in [2.05, 4.69) is 85.4 Å². The number of aryl methyl sites for hydroxylation is 2. The maximum Gasteiger partial charge on any atom is 0.216 e. The third-order valence-electron chi connectivity index (χ3n) is 7.21. The average Bonchev–Trinajstić information content (AvgIpc) is 3.43. The summed E-state index contributed by atoms with van der Waals surface area (Å²) in [5.74, 6) is 0.843. The highest BCUT2D eigenvalue weighted by molar-refractivity contribution is 6.17. The van der Waals surface area contributed by atoms with Gasteiger partial charge in [-0.2, -0.15) is 0 Å². The molecule has 6 rings (SSSR count). The summed E-state index contributed by atoms with van der Waals surface area (Å²) in [6.07, 6.45) is 8.94. The van der Waals surface area contributed by atoms with E-state index in [-0.39, 0.29) is 0 Å². The highest BCUT2D eigenvalue weighted by Gasteiger charge is 2.23. The highest BCUT2D eigenvalue weighted by Crippen LogP contribution is 2.39. The number of fused-ring (bicyclic) bond motifs is 5. The second-order valence-corrected chi connectivity index (χ2v) is 9.29. The lowest BCUT2D eigenvalue weighted by Gasteiger charge is -2.10. The van der Waals surface area contributed by atoms with Gasteiger partial charge in [0, 0.05) is 28.3 Å². The molecule has 1 aliphatic rings. The fourth-order valence-electron chi connectivity index (χ4n) is 5.52. The van der Waals surface area contributed by atoms with Crippen molar-refractivity contribution in [1.29, 1.82) is 0 Å². The van der Waals surface area contributed by atoms with Gasteiger partial charge in [-0.05, 0) is 41.8 Å². The van der Waals surface area contributed by atoms with E-state index in [1.807, 2.05) is 0 Å². The van der Waals surface area contributed by atoms with Crippen LogP contribution in [0.4, 0.5) is 0 Å². The van der Waals surface area contributed by atoms with Gasteiger partial charge in [-0.15, -0.1) is 0 Å². The standard InChI is InChI=1S/C29H28NO/c1-19-11-13-25-24-14-12-22-9-5-6-10-23(22)28(24)31-29(25)27(19)26-18-21(15-16-30(26)2)17-20-7-3-4-8-20/h5-6,9-16,18,20H,3-4,7-8,17H2,1-2H3/q+1. The first-order valence-corrected chi connectivity index (χ1v) is 11.5. The lowest BCUT2D eigenvalue weighted by atomic mass is 9.95. The molecule has 3 aromatic carbocycles. The predicted molar refractivity (Wildman–Crippen MR) is 128 cm³/mol. The number of hydrogen-bond donors (Lipinski definition) is 0. The van der Waals surface area contributed by atoms with Crippen LogP contribution < -0.4 is 4.57 Å². The van der Waals surface area contributed by atoms with Crippen molar-refractivity contribution >= 4 is 32.7 Å². The largest absolute Gasteiger partial charge is 0.454 e. The Kier molecular flexibility index (Phi) is 4.34. The monoisotopic (exact) mass is 406 g/mol. The van der Waals surface area contributed by atoms with Gasteiger partial charge in [0.1, 0.15) is 18.2 Å². The number of rotatable bonds is 3. The SMILES string of the molecule is Cc1ccc2c(oc3c4ccccc4ccc23)c1-c1cc(CC2CCCC2)cc[n+]1C. The fourth-order valence-corrected chi connectivity index (χ4v) is 5.52. The summed E-state index contributed by atoms with van der Waals surface area (Å²) in [5.41, 5.74) is 7.14. The Labute approximate surface area is 183 Å². The van der Waals surface area contributed by atoms with E-state index in [0.717, 1.165) is 17.1 Å². The van der Waals surface area contributed by atoms with Crippen LogP contribution in [-0.2, 0) is 13.5 Å². The van der Waals surface area contributed by atoms with E-state index in [4.69, 9.17) is 4.42 Å². The molecule has 0 radical (unpaired) electrons. The molecule has 31 heavy (non-hydrogen) atoms. The molecule has 1 aliphatic carbocycles. The van der Waals surface area contributed by atoms with Crippen LogP contribution in [0.25, 0.3) is 44.0 Å². The molecule has 0 bridgehead atoms. The Hall–Kier alpha value is -3.13. The first-order chi connectivity index (χ1) is 15.2. The zero-order valence-corrected chi connectivity index (χ0v) is 18.3. The number of hydrogen-bond acceptors (Lipinski definition) is 1. The Morgan fingerprint density at radius 1 is 0.871 bits per heavy atom. The molecule has 1 saturated carbocycles. The second kappa shape index (κ2) is 7.23. The van der Waals surface area contributed by atoms with E-state index in [0.29, 0.717) is 0 Å². The van der Waals surface area contributed by atoms with Crippen LogP contribution in [0.3, 0.4) is 0 Å². The molecular weight excluding hydrogens is 378 g/mol. The molecule has 2 heteroatoms. The number of pyridine rings is 1. The van der Waals surface area contributed by atoms with Crippen LogP contribution in [0.1, 0.15) is 36.8 Å². The molecule has 2 nitrogen and oxygen atoms in total. The molecule has 0 spiro atoms. The van der Waals surface area contributed by atoms with Crippen molar-refractivity contribution in [2.24, 2.45) is 13.0 Å². The van der Waals surface area contributed by atoms with E-state index in [9.17, 15) is 0 Å². The summed E-state index contributed by atoms with van der Waals surface area (Å²) in [7, 11) is 2.14. The zero-order valence-electron chi connectivity index (χ0n) is 18.3. The molecule has 0 aliphatic heterocycles. The van der Waals surface area contributed by atoms with Crippen LogP contribution in [0.5, 0.6) is 0 Å². The average molecular weight is 407 g/mol. The van der Waals surface area contributed by atoms with E-state index < -0.39 is 0 Å². The minimum atomic E-state index is 0.843. The fraction of sp³-hybridized carbons (Fsp3) is 0.276. The molecule has 1 fully saturated rings. The zero-order chi connectivity index (χ0) is 20.9. The molecule has 2 heterocycles. The summed E-state index contributed by atoms with van der Waals surface area (Å²) in [4.78, 5) is 0. The number of benzene rings is 3. The first-order valence-electron chi connectivity index (χ1n) is 11.5. The van der Waals surface area contributed by atoms with Crippen molar-refractivity contribution < 1.29 is 8.98 Å². The van der Waals surface area contributed by atoms with Crippen molar-refractivity contribution in [2.75, 3.05) is 0 Å². The van der Waals surface area contributed by atoms with Crippen LogP contribution in [-0.4, -0.2) is 0 Å². The number of furan rings is 1. The Morgan fingerprint density at radius 3 is 2.52 bits per heavy atom. The molecule has 0 unspecified atom stereocenters. The van der Waals surface area contributed by atoms with E-state index >= 15 is 0 Å². The molecule has 0 saturated heterocycles. The van der Waals surface area contributed by atoms with Gasteiger partial charge >= 0.3 is 0 Å². The molecule has 0 atom stereocenters. The van der Waals surface area contributed by atoms with Crippen molar-refractivity contribution in [3.8, 4) is 11.3 Å². The van der Waals surface area contributed by atoms with Gasteiger partial charge < -0.3 is 4.42 Å². The molecule has 154 valence electrons. The molecule has 5 aromatic rings. The highest BCUT2D eigenvalue weighted by atomic mass is 16.3. The number of aromatic nitrogens is 1. The maximum absolute atomic E-state index is 6.65. The summed E-state index contributed by atoms with van der Waals surface area (Å²) in [5, 5.41) is 4.79. The lowest BCUT2D eigenvalue weighted by molar-refractivity contribution is -0.660. The van der Waals surface area contributed by atoms with Crippen LogP contribution in [0, 0.1) is 12.8 Å². The quantitative estimate of drug-likeness (QED) is 0.288. The maximum atomic E-state index is 6.65. The van der Waals surface area contributed by atoms with Gasteiger partial charge in [0.05, 0.1) is 5.56 Å². The third-order valence-corrected chi connectivity index (χ3v) is 7.21. The van der Waals surface area contributed by atoms with Crippen molar-refractivity contribution in [1.82, 2.24) is 0 Å². The van der Waals surface area contributed by atoms with Gasteiger partial charge in [-0.3, -0.25) is 0 Å². The lowest BCUT2D eigenvalue weighted by Crippen LogP contribution is -2.31. The summed E-state index contributed by atoms with van der Waals surface area (Å²) >= 11 is 0. The smallest absolute Gasteiger partial charge is 0.216 e. The van der Waals surface area contributed by atoms with E-state index in [1.54, 1.807) is 0 Å². The van der Waals surface area contributed by atoms with Crippen LogP contribution in [0.2, 0.25) is 0 Å². The van der Waals surface area contributed by atoms with E-state index in [1.165, 1.54) is 76.0 Å². The molecule has 0 N–H and O–H groups in total. The second-order valence-electron chi connectivity index (χ2n) is 9.29. The summed E-state index contributed by atoms with van der Waals surface area (Å²) in [6, 6.07) is 22.1. The van der Waals surface area contributed by atoms with Crippen LogP contribution >= 0.6 is 0 Å². The van der Waals surface area contributed by atoms with Gasteiger partial charge in [-0.1, -0.05) is 68.1 Å². The first kappa shape index (κ1) is 18.6.